The lowest BCUT2D eigenvalue weighted by Crippen LogP contribution is -2.32. The fraction of sp³-hybridized carbons (Fsp3) is 0.278. The Morgan fingerprint density at radius 2 is 1.93 bits per heavy atom. The predicted octanol–water partition coefficient (Wildman–Crippen LogP) is 2.79. The molecule has 0 radical (unpaired) electrons. The maximum absolute atomic E-state index is 12.6. The summed E-state index contributed by atoms with van der Waals surface area (Å²) in [4.78, 5) is 24.3. The van der Waals surface area contributed by atoms with Crippen LogP contribution in [0.4, 0.5) is 17.1 Å². The lowest BCUT2D eigenvalue weighted by atomic mass is 9.96. The molecule has 0 saturated carbocycles. The molecule has 0 aliphatic carbocycles. The lowest BCUT2D eigenvalue weighted by Gasteiger charge is -2.26. The van der Waals surface area contributed by atoms with Crippen molar-refractivity contribution in [2.75, 3.05) is 16.2 Å². The van der Waals surface area contributed by atoms with Crippen LogP contribution in [0.25, 0.3) is 0 Å². The van der Waals surface area contributed by atoms with Crippen LogP contribution in [0.2, 0.25) is 0 Å². The van der Waals surface area contributed by atoms with Gasteiger partial charge in [-0.15, -0.1) is 0 Å². The molecule has 140 valence electrons. The summed E-state index contributed by atoms with van der Waals surface area (Å²) in [6, 6.07) is 8.17. The molecular weight excluding hydrogens is 370 g/mol. The van der Waals surface area contributed by atoms with E-state index in [1.807, 2.05) is 6.92 Å². The minimum atomic E-state index is -3.90. The molecule has 4 rings (SSSR count). The smallest absolute Gasteiger partial charge is 0.269 e. The number of nitro benzene ring substituents is 1. The maximum atomic E-state index is 12.6. The Bertz CT molecular complexity index is 1060. The van der Waals surface area contributed by atoms with Crippen molar-refractivity contribution < 1.29 is 18.1 Å². The van der Waals surface area contributed by atoms with Gasteiger partial charge in [0.2, 0.25) is 5.91 Å². The van der Waals surface area contributed by atoms with E-state index in [2.05, 4.69) is 4.72 Å². The van der Waals surface area contributed by atoms with Crippen LogP contribution >= 0.6 is 0 Å². The molecule has 27 heavy (non-hydrogen) atoms. The second-order valence-corrected chi connectivity index (χ2v) is 8.43. The van der Waals surface area contributed by atoms with E-state index in [-0.39, 0.29) is 22.4 Å². The Morgan fingerprint density at radius 3 is 2.59 bits per heavy atom. The lowest BCUT2D eigenvalue weighted by molar-refractivity contribution is -0.384. The molecule has 1 N–H and O–H groups in total. The van der Waals surface area contributed by atoms with Crippen LogP contribution in [0.3, 0.4) is 0 Å². The van der Waals surface area contributed by atoms with Gasteiger partial charge in [-0.3, -0.25) is 19.6 Å². The van der Waals surface area contributed by atoms with E-state index in [1.165, 1.54) is 12.1 Å². The molecule has 2 heterocycles. The molecule has 1 atom stereocenters. The Labute approximate surface area is 156 Å². The van der Waals surface area contributed by atoms with Crippen molar-refractivity contribution in [1.29, 1.82) is 0 Å². The second kappa shape index (κ2) is 6.05. The molecule has 8 nitrogen and oxygen atoms in total. The monoisotopic (exact) mass is 387 g/mol. The molecule has 2 aromatic rings. The molecule has 0 unspecified atom stereocenters. The highest BCUT2D eigenvalue weighted by Gasteiger charge is 2.38. The van der Waals surface area contributed by atoms with Crippen LogP contribution in [-0.4, -0.2) is 25.8 Å². The van der Waals surface area contributed by atoms with Crippen LogP contribution in [0.15, 0.2) is 41.3 Å². The number of amides is 1. The van der Waals surface area contributed by atoms with Crippen LogP contribution in [0.1, 0.15) is 30.4 Å². The summed E-state index contributed by atoms with van der Waals surface area (Å²) in [6.07, 6.45) is 1.62. The number of carbonyl (C=O) groups excluding carboxylic acids is 1. The zero-order valence-electron chi connectivity index (χ0n) is 14.5. The van der Waals surface area contributed by atoms with Gasteiger partial charge in [0.1, 0.15) is 0 Å². The first-order valence-electron chi connectivity index (χ1n) is 8.53. The number of hydrogen-bond acceptors (Lipinski definition) is 5. The number of rotatable bonds is 4. The molecule has 2 aliphatic heterocycles. The number of non-ortho nitro benzene ring substituents is 1. The van der Waals surface area contributed by atoms with Crippen LogP contribution < -0.4 is 9.62 Å². The Hall–Kier alpha value is -2.94. The van der Waals surface area contributed by atoms with Gasteiger partial charge in [-0.2, -0.15) is 0 Å². The minimum absolute atomic E-state index is 0.0429. The average molecular weight is 387 g/mol. The number of nitrogens with one attached hydrogen (secondary N) is 1. The number of carbonyl (C=O) groups is 1. The molecule has 9 heteroatoms. The fourth-order valence-electron chi connectivity index (χ4n) is 3.72. The minimum Gasteiger partial charge on any atom is -0.311 e. The van der Waals surface area contributed by atoms with E-state index < -0.39 is 14.9 Å². The highest BCUT2D eigenvalue weighted by atomic mass is 32.2. The molecule has 0 bridgehead atoms. The number of benzene rings is 2. The van der Waals surface area contributed by atoms with Crippen molar-refractivity contribution in [3.05, 3.63) is 57.6 Å². The van der Waals surface area contributed by atoms with Gasteiger partial charge in [0, 0.05) is 24.4 Å². The number of nitro groups is 1. The Kier molecular flexibility index (Phi) is 3.92. The van der Waals surface area contributed by atoms with Crippen molar-refractivity contribution in [2.24, 2.45) is 0 Å². The first-order chi connectivity index (χ1) is 12.8. The van der Waals surface area contributed by atoms with E-state index in [9.17, 15) is 23.3 Å². The maximum Gasteiger partial charge on any atom is 0.269 e. The molecule has 0 aromatic heterocycles. The number of nitrogens with zero attached hydrogens (tertiary/aromatic N) is 2. The normalized spacial score (nSPS) is 18.3. The summed E-state index contributed by atoms with van der Waals surface area (Å²) in [6.45, 7) is 2.52. The number of hydrogen-bond donors (Lipinski definition) is 1. The second-order valence-electron chi connectivity index (χ2n) is 6.74. The Balaban J connectivity index is 1.69. The summed E-state index contributed by atoms with van der Waals surface area (Å²) in [5, 5.41) is 10.7. The van der Waals surface area contributed by atoms with Gasteiger partial charge in [0.25, 0.3) is 15.7 Å². The summed E-state index contributed by atoms with van der Waals surface area (Å²) in [5.41, 5.74) is 2.92. The average Bonchev–Trinajstić information content (AvgIpc) is 2.88. The van der Waals surface area contributed by atoms with Crippen molar-refractivity contribution in [2.45, 2.75) is 30.6 Å². The third-order valence-corrected chi connectivity index (χ3v) is 6.43. The molecule has 0 spiro atoms. The van der Waals surface area contributed by atoms with Crippen LogP contribution in [0, 0.1) is 10.1 Å². The molecule has 0 saturated heterocycles. The van der Waals surface area contributed by atoms with E-state index in [0.717, 1.165) is 41.8 Å². The molecule has 2 aromatic carbocycles. The van der Waals surface area contributed by atoms with Crippen LogP contribution in [0.5, 0.6) is 0 Å². The van der Waals surface area contributed by atoms with Crippen molar-refractivity contribution in [1.82, 2.24) is 0 Å². The SMILES string of the molecule is C[C@@H]1C(=O)N2CCCc3cc(NS(=O)(=O)c4ccc([N+](=O)[O-])cc4)cc1c32. The summed E-state index contributed by atoms with van der Waals surface area (Å²) < 4.78 is 27.8. The van der Waals surface area contributed by atoms with Gasteiger partial charge >= 0.3 is 0 Å². The summed E-state index contributed by atoms with van der Waals surface area (Å²) in [5.74, 6) is -0.262. The first kappa shape index (κ1) is 17.5. The molecule has 2 aliphatic rings. The van der Waals surface area contributed by atoms with E-state index in [4.69, 9.17) is 0 Å². The standard InChI is InChI=1S/C18H17N3O5S/c1-11-16-10-13(9-12-3-2-8-20(17(12)16)18(11)22)19-27(25,26)15-6-4-14(5-7-15)21(23)24/h4-7,9-11,19H,2-3,8H2,1H3/t11-/m0/s1. The summed E-state index contributed by atoms with van der Waals surface area (Å²) in [7, 11) is -3.90. The van der Waals surface area contributed by atoms with Gasteiger partial charge < -0.3 is 4.90 Å². The van der Waals surface area contributed by atoms with Crippen molar-refractivity contribution in [3.63, 3.8) is 0 Å². The first-order valence-corrected chi connectivity index (χ1v) is 10.0. The van der Waals surface area contributed by atoms with Crippen LogP contribution in [-0.2, 0) is 21.2 Å². The van der Waals surface area contributed by atoms with Gasteiger partial charge in [-0.05, 0) is 55.2 Å². The fourth-order valence-corrected chi connectivity index (χ4v) is 4.76. The van der Waals surface area contributed by atoms with Gasteiger partial charge in [-0.25, -0.2) is 8.42 Å². The molecular formula is C18H17N3O5S. The Morgan fingerprint density at radius 1 is 1.22 bits per heavy atom. The largest absolute Gasteiger partial charge is 0.311 e. The zero-order valence-corrected chi connectivity index (χ0v) is 15.3. The highest BCUT2D eigenvalue weighted by Crippen LogP contribution is 2.44. The third kappa shape index (κ3) is 2.84. The molecule has 1 amide bonds. The third-order valence-electron chi connectivity index (χ3n) is 5.03. The van der Waals surface area contributed by atoms with E-state index >= 15 is 0 Å². The predicted molar refractivity (Wildman–Crippen MR) is 99.4 cm³/mol. The van der Waals surface area contributed by atoms with E-state index in [0.29, 0.717) is 12.2 Å². The number of sulfonamides is 1. The number of aryl methyl sites for hydroxylation is 1. The summed E-state index contributed by atoms with van der Waals surface area (Å²) >= 11 is 0. The quantitative estimate of drug-likeness (QED) is 0.641. The molecule has 0 fully saturated rings. The van der Waals surface area contributed by atoms with E-state index in [1.54, 1.807) is 17.0 Å². The topological polar surface area (TPSA) is 110 Å². The van der Waals surface area contributed by atoms with Gasteiger partial charge in [0.05, 0.1) is 21.4 Å². The van der Waals surface area contributed by atoms with Crippen molar-refractivity contribution in [3.8, 4) is 0 Å². The number of anilines is 2. The van der Waals surface area contributed by atoms with Crippen molar-refractivity contribution >= 4 is 33.0 Å². The van der Waals surface area contributed by atoms with Gasteiger partial charge in [-0.1, -0.05) is 0 Å². The zero-order chi connectivity index (χ0) is 19.3. The van der Waals surface area contributed by atoms with Gasteiger partial charge in [0.15, 0.2) is 0 Å². The highest BCUT2D eigenvalue weighted by molar-refractivity contribution is 7.92.